The van der Waals surface area contributed by atoms with Crippen molar-refractivity contribution in [3.8, 4) is 0 Å². The minimum Gasteiger partial charge on any atom is -0.480 e. The Labute approximate surface area is 110 Å². The lowest BCUT2D eigenvalue weighted by Crippen LogP contribution is -2.49. The number of amides is 2. The summed E-state index contributed by atoms with van der Waals surface area (Å²) < 4.78 is 14.2. The minimum atomic E-state index is -1.09. The van der Waals surface area contributed by atoms with Gasteiger partial charge in [-0.3, -0.25) is 19.3 Å². The Balaban J connectivity index is 4.74. The monoisotopic (exact) mass is 260 g/mol. The number of rotatable bonds is 6. The second-order valence-electron chi connectivity index (χ2n) is 4.77. The summed E-state index contributed by atoms with van der Waals surface area (Å²) in [4.78, 5) is 34.9. The van der Waals surface area contributed by atoms with Crippen LogP contribution < -0.4 is 5.73 Å². The Morgan fingerprint density at radius 2 is 1.83 bits per heavy atom. The largest absolute Gasteiger partial charge is 0.480 e. The first-order valence-corrected chi connectivity index (χ1v) is 5.60. The summed E-state index contributed by atoms with van der Waals surface area (Å²) in [5, 5.41) is 8.68. The molecule has 0 rings (SSSR count). The van der Waals surface area contributed by atoms with Gasteiger partial charge in [0.25, 0.3) is 0 Å². The van der Waals surface area contributed by atoms with Gasteiger partial charge in [0.05, 0.1) is 0 Å². The lowest BCUT2D eigenvalue weighted by Gasteiger charge is -2.36. The highest BCUT2D eigenvalue weighted by molar-refractivity contribution is 5.93. The van der Waals surface area contributed by atoms with Gasteiger partial charge in [-0.05, 0) is 33.1 Å². The van der Waals surface area contributed by atoms with Gasteiger partial charge in [-0.1, -0.05) is 0 Å². The number of imide groups is 1. The van der Waals surface area contributed by atoms with Gasteiger partial charge in [-0.25, -0.2) is 0 Å². The predicted molar refractivity (Wildman–Crippen MR) is 66.7 cm³/mol. The molecule has 0 heterocycles. The molecule has 1 unspecified atom stereocenters. The highest BCUT2D eigenvalue weighted by Crippen LogP contribution is 2.22. The molecule has 0 aliphatic rings. The van der Waals surface area contributed by atoms with Crippen LogP contribution in [0.5, 0.6) is 0 Å². The van der Waals surface area contributed by atoms with Crippen molar-refractivity contribution in [1.82, 2.24) is 4.90 Å². The van der Waals surface area contributed by atoms with Gasteiger partial charge in [0.1, 0.15) is 6.04 Å². The first-order chi connectivity index (χ1) is 9.17. The number of nitrogens with zero attached hydrogens (tertiary/aromatic N) is 1. The lowest BCUT2D eigenvalue weighted by molar-refractivity contribution is -0.149. The third-order valence-electron chi connectivity index (χ3n) is 2.73. The van der Waals surface area contributed by atoms with Crippen molar-refractivity contribution in [1.29, 1.82) is 0 Å². The summed E-state index contributed by atoms with van der Waals surface area (Å²) in [6.07, 6.45) is 1.02. The average Bonchev–Trinajstić information content (AvgIpc) is 2.37. The van der Waals surface area contributed by atoms with Gasteiger partial charge in [-0.2, -0.15) is 0 Å². The van der Waals surface area contributed by atoms with Gasteiger partial charge in [0.15, 0.2) is 0 Å². The molecule has 0 aromatic carbocycles. The van der Waals surface area contributed by atoms with Gasteiger partial charge < -0.3 is 10.8 Å². The molecule has 3 N–H and O–H groups in total. The lowest BCUT2D eigenvalue weighted by atomic mass is 9.93. The topological polar surface area (TPSA) is 101 Å². The molecule has 6 heteroatoms. The summed E-state index contributed by atoms with van der Waals surface area (Å²) in [6.45, 7) is 2.18. The molecule has 104 valence electrons. The maximum Gasteiger partial charge on any atom is 0.320 e. The van der Waals surface area contributed by atoms with Crippen molar-refractivity contribution >= 4 is 17.8 Å². The van der Waals surface area contributed by atoms with E-state index >= 15 is 0 Å². The fourth-order valence-corrected chi connectivity index (χ4v) is 1.80. The SMILES string of the molecule is [2H]CC(=O)N(C(=O)C[2H])C(C)(C)CCCC(N)C(=O)O. The quantitative estimate of drug-likeness (QED) is 0.733. The molecule has 6 nitrogen and oxygen atoms in total. The maximum absolute atomic E-state index is 11.7. The molecule has 0 aromatic heterocycles. The van der Waals surface area contributed by atoms with Crippen LogP contribution in [-0.2, 0) is 14.4 Å². The summed E-state index contributed by atoms with van der Waals surface area (Å²) in [5.74, 6) is -2.41. The summed E-state index contributed by atoms with van der Waals surface area (Å²) in [5.41, 5.74) is 4.52. The van der Waals surface area contributed by atoms with Crippen LogP contribution >= 0.6 is 0 Å². The van der Waals surface area contributed by atoms with Crippen molar-refractivity contribution in [2.45, 2.75) is 58.5 Å². The molecular weight excluding hydrogens is 236 g/mol. The number of nitrogens with two attached hydrogens (primary N) is 1. The van der Waals surface area contributed by atoms with E-state index in [1.165, 1.54) is 0 Å². The second-order valence-corrected chi connectivity index (χ2v) is 4.77. The molecule has 18 heavy (non-hydrogen) atoms. The van der Waals surface area contributed by atoms with Crippen molar-refractivity contribution in [2.24, 2.45) is 5.73 Å². The zero-order valence-corrected chi connectivity index (χ0v) is 10.8. The van der Waals surface area contributed by atoms with Crippen LogP contribution in [-0.4, -0.2) is 39.4 Å². The fraction of sp³-hybridized carbons (Fsp3) is 0.750. The summed E-state index contributed by atoms with van der Waals surface area (Å²) in [6, 6.07) is -0.974. The van der Waals surface area contributed by atoms with Crippen LogP contribution in [0.1, 0.15) is 49.7 Å². The smallest absolute Gasteiger partial charge is 0.320 e. The second kappa shape index (κ2) is 6.49. The number of carbonyl (C=O) groups is 3. The first kappa shape index (κ1) is 13.0. The molecule has 0 radical (unpaired) electrons. The van der Waals surface area contributed by atoms with E-state index in [-0.39, 0.29) is 6.42 Å². The minimum absolute atomic E-state index is 0.233. The van der Waals surface area contributed by atoms with E-state index in [0.717, 1.165) is 4.90 Å². The van der Waals surface area contributed by atoms with Crippen LogP contribution in [0.15, 0.2) is 0 Å². The van der Waals surface area contributed by atoms with E-state index in [4.69, 9.17) is 13.6 Å². The number of carboxylic acid groups (broad SMARTS) is 1. The van der Waals surface area contributed by atoms with Crippen LogP contribution in [0, 0.1) is 0 Å². The van der Waals surface area contributed by atoms with Crippen molar-refractivity contribution in [3.63, 3.8) is 0 Å². The van der Waals surface area contributed by atoms with E-state index in [1.54, 1.807) is 13.8 Å². The number of aliphatic carboxylic acids is 1. The molecule has 0 saturated heterocycles. The third kappa shape index (κ3) is 4.83. The fourth-order valence-electron chi connectivity index (χ4n) is 1.80. The van der Waals surface area contributed by atoms with Crippen LogP contribution in [0.4, 0.5) is 0 Å². The first-order valence-electron chi connectivity index (χ1n) is 7.01. The van der Waals surface area contributed by atoms with E-state index in [1.807, 2.05) is 0 Å². The molecule has 2 amide bonds. The molecule has 0 fully saturated rings. The number of carboxylic acids is 1. The third-order valence-corrected chi connectivity index (χ3v) is 2.73. The van der Waals surface area contributed by atoms with Gasteiger partial charge in [-0.15, -0.1) is 0 Å². The van der Waals surface area contributed by atoms with Crippen LogP contribution in [0.25, 0.3) is 0 Å². The van der Waals surface area contributed by atoms with Gasteiger partial charge in [0.2, 0.25) is 11.8 Å². The molecule has 1 atom stereocenters. The maximum atomic E-state index is 11.7. The van der Waals surface area contributed by atoms with Crippen molar-refractivity contribution in [2.75, 3.05) is 0 Å². The Hall–Kier alpha value is -1.43. The molecule has 0 saturated carbocycles. The highest BCUT2D eigenvalue weighted by atomic mass is 16.4. The molecule has 0 spiro atoms. The van der Waals surface area contributed by atoms with Crippen LogP contribution in [0.2, 0.25) is 0 Å². The van der Waals surface area contributed by atoms with E-state index < -0.39 is 43.2 Å². The van der Waals surface area contributed by atoms with E-state index in [2.05, 4.69) is 0 Å². The Bertz CT molecular complexity index is 358. The molecule has 0 aliphatic heterocycles. The Morgan fingerprint density at radius 1 is 1.33 bits per heavy atom. The zero-order valence-electron chi connectivity index (χ0n) is 12.8. The van der Waals surface area contributed by atoms with E-state index in [0.29, 0.717) is 12.8 Å². The normalized spacial score (nSPS) is 14.4. The molecule has 0 aliphatic carbocycles. The predicted octanol–water partition coefficient (Wildman–Crippen LogP) is 0.742. The van der Waals surface area contributed by atoms with Crippen LogP contribution in [0.3, 0.4) is 0 Å². The highest BCUT2D eigenvalue weighted by Gasteiger charge is 2.31. The van der Waals surface area contributed by atoms with Gasteiger partial charge >= 0.3 is 5.97 Å². The zero-order chi connectivity index (χ0) is 15.9. The van der Waals surface area contributed by atoms with Gasteiger partial charge in [0, 0.05) is 22.1 Å². The number of carbonyl (C=O) groups excluding carboxylic acids is 2. The Kier molecular flexibility index (Phi) is 4.69. The average molecular weight is 260 g/mol. The molecule has 0 bridgehead atoms. The Morgan fingerprint density at radius 3 is 2.22 bits per heavy atom. The van der Waals surface area contributed by atoms with Crippen molar-refractivity contribution < 1.29 is 22.2 Å². The van der Waals surface area contributed by atoms with Crippen molar-refractivity contribution in [3.05, 3.63) is 0 Å². The molecular formula is C12H22N2O4. The van der Waals surface area contributed by atoms with E-state index in [9.17, 15) is 14.4 Å². The summed E-state index contributed by atoms with van der Waals surface area (Å²) >= 11 is 0. The molecule has 0 aromatic rings. The summed E-state index contributed by atoms with van der Waals surface area (Å²) in [7, 11) is 0. The standard InChI is InChI=1S/C12H22N2O4/c1-8(15)14(9(2)16)12(3,4)7-5-6-10(13)11(17)18/h10H,5-7,13H2,1-4H3,(H,17,18)/i1D,2D. The number of hydrogen-bond acceptors (Lipinski definition) is 4. The number of hydrogen-bond donors (Lipinski definition) is 2.